The molecule has 0 N–H and O–H groups in total. The molecule has 1 rings (SSSR count). The van der Waals surface area contributed by atoms with Crippen molar-refractivity contribution in [3.63, 3.8) is 0 Å². The largest absolute Gasteiger partial charge is 2.00 e. The molecule has 0 atom stereocenters. The fourth-order valence-electron chi connectivity index (χ4n) is 1.35. The first-order valence-electron chi connectivity index (χ1n) is 3.78. The average Bonchev–Trinajstić information content (AvgIpc) is 1.85. The predicted molar refractivity (Wildman–Crippen MR) is 35.6 cm³/mol. The van der Waals surface area contributed by atoms with E-state index in [4.69, 9.17) is 0 Å². The Kier molecular flexibility index (Phi) is 5.79. The third-order valence-corrected chi connectivity index (χ3v) is 2.39. The van der Waals surface area contributed by atoms with Gasteiger partial charge < -0.3 is 18.9 Å². The van der Waals surface area contributed by atoms with Gasteiger partial charge in [0.1, 0.15) is 0 Å². The number of hydrogen-bond donors (Lipinski definition) is 0. The Morgan fingerprint density at radius 1 is 1.17 bits per heavy atom. The van der Waals surface area contributed by atoms with Crippen molar-refractivity contribution in [3.05, 3.63) is 0 Å². The van der Waals surface area contributed by atoms with Crippen molar-refractivity contribution in [1.82, 2.24) is 0 Å². The normalized spacial score (nSPS) is 20.2. The molecule has 0 aromatic heterocycles. The third kappa shape index (κ3) is 5.39. The van der Waals surface area contributed by atoms with Crippen molar-refractivity contribution in [2.45, 2.75) is 38.2 Å². The SMILES string of the molecule is O=P([O-])([O-])OC1CCCCC1.[Zn+2]. The van der Waals surface area contributed by atoms with Crippen LogP contribution in [0.3, 0.4) is 0 Å². The minimum absolute atomic E-state index is 0. The van der Waals surface area contributed by atoms with E-state index in [0.29, 0.717) is 12.8 Å². The van der Waals surface area contributed by atoms with Crippen LogP contribution in [0.5, 0.6) is 0 Å². The quantitative estimate of drug-likeness (QED) is 0.512. The summed E-state index contributed by atoms with van der Waals surface area (Å²) in [6, 6.07) is 0. The van der Waals surface area contributed by atoms with Crippen LogP contribution in [-0.4, -0.2) is 6.10 Å². The molecule has 0 radical (unpaired) electrons. The molecule has 0 heterocycles. The summed E-state index contributed by atoms with van der Waals surface area (Å²) in [6.07, 6.45) is 4.10. The fourth-order valence-corrected chi connectivity index (χ4v) is 1.93. The van der Waals surface area contributed by atoms with Crippen molar-refractivity contribution in [2.24, 2.45) is 0 Å². The van der Waals surface area contributed by atoms with Crippen molar-refractivity contribution < 1.29 is 38.4 Å². The molecule has 0 unspecified atom stereocenters. The number of phosphoric acid groups is 1. The van der Waals surface area contributed by atoms with Gasteiger partial charge in [0.15, 0.2) is 0 Å². The number of phosphoric ester groups is 1. The van der Waals surface area contributed by atoms with Crippen LogP contribution in [0, 0.1) is 0 Å². The van der Waals surface area contributed by atoms with Gasteiger partial charge in [-0.1, -0.05) is 19.3 Å². The fraction of sp³-hybridized carbons (Fsp3) is 1.00. The first kappa shape index (κ1) is 12.7. The van der Waals surface area contributed by atoms with Gasteiger partial charge >= 0.3 is 19.5 Å². The Balaban J connectivity index is 0.00000121. The van der Waals surface area contributed by atoms with Gasteiger partial charge in [-0.25, -0.2) is 0 Å². The molecule has 0 aliphatic heterocycles. The molecule has 1 aliphatic rings. The summed E-state index contributed by atoms with van der Waals surface area (Å²) in [7, 11) is -4.73. The van der Waals surface area contributed by atoms with Gasteiger partial charge in [-0.3, -0.25) is 0 Å². The van der Waals surface area contributed by atoms with Crippen LogP contribution in [-0.2, 0) is 28.6 Å². The van der Waals surface area contributed by atoms with Crippen molar-refractivity contribution in [2.75, 3.05) is 0 Å². The molecule has 0 saturated heterocycles. The van der Waals surface area contributed by atoms with Crippen LogP contribution >= 0.6 is 7.82 Å². The molecular formula is C6H11O4PZn. The zero-order valence-corrected chi connectivity index (χ0v) is 10.8. The van der Waals surface area contributed by atoms with Crippen molar-refractivity contribution in [3.8, 4) is 0 Å². The van der Waals surface area contributed by atoms with Crippen LogP contribution in [0.2, 0.25) is 0 Å². The second-order valence-corrected chi connectivity index (χ2v) is 3.92. The molecule has 0 spiro atoms. The molecule has 4 nitrogen and oxygen atoms in total. The summed E-state index contributed by atoms with van der Waals surface area (Å²) in [4.78, 5) is 20.3. The molecule has 0 amide bonds. The van der Waals surface area contributed by atoms with E-state index in [9.17, 15) is 14.4 Å². The van der Waals surface area contributed by atoms with Gasteiger partial charge in [0.05, 0.1) is 13.9 Å². The molecule has 66 valence electrons. The Morgan fingerprint density at radius 2 is 1.67 bits per heavy atom. The van der Waals surface area contributed by atoms with E-state index in [1.807, 2.05) is 0 Å². The zero-order chi connectivity index (χ0) is 8.32. The summed E-state index contributed by atoms with van der Waals surface area (Å²) in [5, 5.41) is 0. The molecular weight excluding hydrogens is 232 g/mol. The second-order valence-electron chi connectivity index (χ2n) is 2.81. The average molecular weight is 244 g/mol. The molecule has 0 bridgehead atoms. The van der Waals surface area contributed by atoms with Crippen molar-refractivity contribution >= 4 is 7.82 Å². The minimum Gasteiger partial charge on any atom is -0.790 e. The summed E-state index contributed by atoms with van der Waals surface area (Å²) < 4.78 is 14.5. The van der Waals surface area contributed by atoms with Gasteiger partial charge in [0.2, 0.25) is 0 Å². The van der Waals surface area contributed by atoms with Crippen molar-refractivity contribution in [1.29, 1.82) is 0 Å². The molecule has 0 aromatic rings. The predicted octanol–water partition coefficient (Wildman–Crippen LogP) is 0.162. The van der Waals surface area contributed by atoms with Crippen LogP contribution in [0.25, 0.3) is 0 Å². The Bertz CT molecular complexity index is 163. The topological polar surface area (TPSA) is 72.4 Å². The Hall–Kier alpha value is 0.733. The standard InChI is InChI=1S/C6H13O4P.Zn/c7-11(8,9)10-6-4-2-1-3-5-6;/h6H,1-5H2,(H2,7,8,9);/q;+2/p-2. The van der Waals surface area contributed by atoms with E-state index >= 15 is 0 Å². The maximum atomic E-state index is 10.1. The molecule has 12 heavy (non-hydrogen) atoms. The number of rotatable bonds is 2. The second kappa shape index (κ2) is 5.46. The Morgan fingerprint density at radius 3 is 2.08 bits per heavy atom. The zero-order valence-electron chi connectivity index (χ0n) is 6.90. The summed E-state index contributed by atoms with van der Waals surface area (Å²) in [5.74, 6) is 0. The van der Waals surface area contributed by atoms with Gasteiger partial charge in [0.25, 0.3) is 0 Å². The van der Waals surface area contributed by atoms with Crippen LogP contribution < -0.4 is 9.79 Å². The van der Waals surface area contributed by atoms with E-state index in [1.165, 1.54) is 0 Å². The van der Waals surface area contributed by atoms with Crippen LogP contribution in [0.15, 0.2) is 0 Å². The smallest absolute Gasteiger partial charge is 0.790 e. The van der Waals surface area contributed by atoms with Crippen LogP contribution in [0.1, 0.15) is 32.1 Å². The summed E-state index contributed by atoms with van der Waals surface area (Å²) in [6.45, 7) is 0. The number of hydrogen-bond acceptors (Lipinski definition) is 4. The van der Waals surface area contributed by atoms with E-state index in [-0.39, 0.29) is 25.6 Å². The van der Waals surface area contributed by atoms with E-state index in [2.05, 4.69) is 4.52 Å². The van der Waals surface area contributed by atoms with E-state index in [1.54, 1.807) is 0 Å². The maximum Gasteiger partial charge on any atom is 2.00 e. The van der Waals surface area contributed by atoms with E-state index in [0.717, 1.165) is 19.3 Å². The summed E-state index contributed by atoms with van der Waals surface area (Å²) >= 11 is 0. The van der Waals surface area contributed by atoms with Gasteiger partial charge in [0, 0.05) is 0 Å². The van der Waals surface area contributed by atoms with Gasteiger partial charge in [-0.2, -0.15) is 0 Å². The maximum absolute atomic E-state index is 10.1. The van der Waals surface area contributed by atoms with Crippen LogP contribution in [0.4, 0.5) is 0 Å². The molecule has 1 saturated carbocycles. The first-order chi connectivity index (χ1) is 5.08. The summed E-state index contributed by atoms with van der Waals surface area (Å²) in [5.41, 5.74) is 0. The minimum atomic E-state index is -4.73. The Labute approximate surface area is 84.7 Å². The first-order valence-corrected chi connectivity index (χ1v) is 5.24. The van der Waals surface area contributed by atoms with E-state index < -0.39 is 7.82 Å². The monoisotopic (exact) mass is 242 g/mol. The van der Waals surface area contributed by atoms with Gasteiger partial charge in [-0.05, 0) is 12.8 Å². The molecule has 0 aromatic carbocycles. The molecule has 1 aliphatic carbocycles. The molecule has 1 fully saturated rings. The molecule has 6 heteroatoms. The third-order valence-electron chi connectivity index (χ3n) is 1.83. The van der Waals surface area contributed by atoms with Gasteiger partial charge in [-0.15, -0.1) is 0 Å².